The van der Waals surface area contributed by atoms with Gasteiger partial charge in [0.2, 0.25) is 0 Å². The summed E-state index contributed by atoms with van der Waals surface area (Å²) in [7, 11) is 1.34. The number of aliphatic carboxylic acids is 1. The van der Waals surface area contributed by atoms with Crippen LogP contribution in [0, 0.1) is 11.7 Å². The number of nitrogens with zero attached hydrogens (tertiary/aromatic N) is 1. The Hall–Kier alpha value is -2.61. The van der Waals surface area contributed by atoms with Gasteiger partial charge in [0.15, 0.2) is 11.6 Å². The average Bonchev–Trinajstić information content (AvgIpc) is 2.68. The van der Waals surface area contributed by atoms with E-state index >= 15 is 0 Å². The maximum absolute atomic E-state index is 14.3. The first-order chi connectivity index (χ1) is 13.7. The van der Waals surface area contributed by atoms with Crippen molar-refractivity contribution >= 4 is 5.97 Å². The number of hydrogen-bond acceptors (Lipinski definition) is 3. The molecule has 2 unspecified atom stereocenters. The van der Waals surface area contributed by atoms with Gasteiger partial charge in [-0.2, -0.15) is 13.2 Å². The summed E-state index contributed by atoms with van der Waals surface area (Å²) in [5.41, 5.74) is 0.283. The van der Waals surface area contributed by atoms with Crippen LogP contribution in [0.1, 0.15) is 35.6 Å². The van der Waals surface area contributed by atoms with Crippen LogP contribution in [0.2, 0.25) is 0 Å². The molecule has 3 rings (SSSR count). The van der Waals surface area contributed by atoms with Crippen molar-refractivity contribution in [2.45, 2.75) is 25.1 Å². The van der Waals surface area contributed by atoms with Crippen molar-refractivity contribution < 1.29 is 32.2 Å². The van der Waals surface area contributed by atoms with Crippen molar-refractivity contribution in [3.63, 3.8) is 0 Å². The van der Waals surface area contributed by atoms with E-state index in [0.29, 0.717) is 30.5 Å². The Morgan fingerprint density at radius 1 is 1.17 bits per heavy atom. The van der Waals surface area contributed by atoms with Crippen LogP contribution >= 0.6 is 0 Å². The standard InChI is InChI=1S/C21H21F4NO3/c1-29-18-9-6-14(11-17(18)22)19(26-10-2-3-15(12-26)20(27)28)13-4-7-16(8-5-13)21(23,24)25/h4-9,11,15,19H,2-3,10,12H2,1H3,(H,27,28). The smallest absolute Gasteiger partial charge is 0.416 e. The van der Waals surface area contributed by atoms with Crippen molar-refractivity contribution in [2.75, 3.05) is 20.2 Å². The number of methoxy groups -OCH3 is 1. The van der Waals surface area contributed by atoms with Gasteiger partial charge in [-0.15, -0.1) is 0 Å². The van der Waals surface area contributed by atoms with Crippen molar-refractivity contribution in [1.29, 1.82) is 0 Å². The molecule has 0 radical (unpaired) electrons. The second kappa shape index (κ2) is 8.41. The summed E-state index contributed by atoms with van der Waals surface area (Å²) in [4.78, 5) is 13.3. The highest BCUT2D eigenvalue weighted by Gasteiger charge is 2.33. The summed E-state index contributed by atoms with van der Waals surface area (Å²) in [5, 5.41) is 9.39. The molecule has 0 saturated carbocycles. The largest absolute Gasteiger partial charge is 0.494 e. The van der Waals surface area contributed by atoms with Gasteiger partial charge in [-0.05, 0) is 54.8 Å². The predicted octanol–water partition coefficient (Wildman–Crippen LogP) is 4.74. The quantitative estimate of drug-likeness (QED) is 0.723. The van der Waals surface area contributed by atoms with Crippen LogP contribution in [-0.2, 0) is 11.0 Å². The van der Waals surface area contributed by atoms with Crippen molar-refractivity contribution in [3.05, 3.63) is 65.0 Å². The van der Waals surface area contributed by atoms with Crippen LogP contribution in [0.15, 0.2) is 42.5 Å². The maximum atomic E-state index is 14.3. The van der Waals surface area contributed by atoms with Gasteiger partial charge in [0.1, 0.15) is 0 Å². The molecular formula is C21H21F4NO3. The number of halogens is 4. The summed E-state index contributed by atoms with van der Waals surface area (Å²) >= 11 is 0. The molecule has 8 heteroatoms. The molecule has 0 amide bonds. The minimum Gasteiger partial charge on any atom is -0.494 e. The van der Waals surface area contributed by atoms with E-state index < -0.39 is 35.5 Å². The van der Waals surface area contributed by atoms with Gasteiger partial charge >= 0.3 is 12.1 Å². The molecule has 0 aliphatic carbocycles. The highest BCUT2D eigenvalue weighted by molar-refractivity contribution is 5.70. The third-order valence-electron chi connectivity index (χ3n) is 5.21. The van der Waals surface area contributed by atoms with Crippen LogP contribution in [0.5, 0.6) is 5.75 Å². The van der Waals surface area contributed by atoms with Gasteiger partial charge < -0.3 is 9.84 Å². The lowest BCUT2D eigenvalue weighted by Crippen LogP contribution is -2.41. The fourth-order valence-electron chi connectivity index (χ4n) is 3.76. The number of carbonyl (C=O) groups is 1. The topological polar surface area (TPSA) is 49.8 Å². The Morgan fingerprint density at radius 2 is 1.83 bits per heavy atom. The van der Waals surface area contributed by atoms with E-state index in [2.05, 4.69) is 0 Å². The molecule has 1 saturated heterocycles. The fraction of sp³-hybridized carbons (Fsp3) is 0.381. The van der Waals surface area contributed by atoms with E-state index in [1.165, 1.54) is 31.4 Å². The third-order valence-corrected chi connectivity index (χ3v) is 5.21. The Labute approximate surface area is 165 Å². The van der Waals surface area contributed by atoms with E-state index in [9.17, 15) is 27.5 Å². The molecule has 2 atom stereocenters. The van der Waals surface area contributed by atoms with E-state index in [1.807, 2.05) is 4.90 Å². The Balaban J connectivity index is 2.02. The molecule has 0 bridgehead atoms. The predicted molar refractivity (Wildman–Crippen MR) is 98.2 cm³/mol. The first-order valence-electron chi connectivity index (χ1n) is 9.18. The molecular weight excluding hydrogens is 390 g/mol. The molecule has 1 aliphatic rings. The van der Waals surface area contributed by atoms with E-state index in [1.54, 1.807) is 6.07 Å². The minimum absolute atomic E-state index is 0.0574. The van der Waals surface area contributed by atoms with Crippen LogP contribution in [0.3, 0.4) is 0 Å². The van der Waals surface area contributed by atoms with Crippen molar-refractivity contribution in [2.24, 2.45) is 5.92 Å². The molecule has 0 aromatic heterocycles. The molecule has 4 nitrogen and oxygen atoms in total. The monoisotopic (exact) mass is 411 g/mol. The SMILES string of the molecule is COc1ccc(C(c2ccc(C(F)(F)F)cc2)N2CCCC(C(=O)O)C2)cc1F. The van der Waals surface area contributed by atoms with Gasteiger partial charge in [0.05, 0.1) is 24.6 Å². The summed E-state index contributed by atoms with van der Waals surface area (Å²) in [6.45, 7) is 0.789. The highest BCUT2D eigenvalue weighted by Crippen LogP contribution is 2.36. The second-order valence-electron chi connectivity index (χ2n) is 7.09. The second-order valence-corrected chi connectivity index (χ2v) is 7.09. The fourth-order valence-corrected chi connectivity index (χ4v) is 3.76. The molecule has 1 aliphatic heterocycles. The number of piperidine rings is 1. The zero-order valence-electron chi connectivity index (χ0n) is 15.7. The number of alkyl halides is 3. The van der Waals surface area contributed by atoms with Crippen LogP contribution in [0.4, 0.5) is 17.6 Å². The highest BCUT2D eigenvalue weighted by atomic mass is 19.4. The molecule has 1 fully saturated rings. The summed E-state index contributed by atoms with van der Waals surface area (Å²) < 4.78 is 58.1. The molecule has 156 valence electrons. The van der Waals surface area contributed by atoms with E-state index in [0.717, 1.165) is 12.1 Å². The zero-order valence-corrected chi connectivity index (χ0v) is 15.7. The number of carboxylic acid groups (broad SMARTS) is 1. The van der Waals surface area contributed by atoms with Gasteiger partial charge in [0.25, 0.3) is 0 Å². The lowest BCUT2D eigenvalue weighted by Gasteiger charge is -2.37. The van der Waals surface area contributed by atoms with Crippen LogP contribution < -0.4 is 4.74 Å². The maximum Gasteiger partial charge on any atom is 0.416 e. The molecule has 29 heavy (non-hydrogen) atoms. The van der Waals surface area contributed by atoms with Crippen molar-refractivity contribution in [1.82, 2.24) is 4.90 Å². The van der Waals surface area contributed by atoms with Gasteiger partial charge in [0, 0.05) is 6.54 Å². The summed E-state index contributed by atoms with van der Waals surface area (Å²) in [5.74, 6) is -2.03. The molecule has 1 N–H and O–H groups in total. The molecule has 2 aromatic rings. The number of likely N-dealkylation sites (tertiary alicyclic amines) is 1. The van der Waals surface area contributed by atoms with E-state index in [4.69, 9.17) is 4.74 Å². The van der Waals surface area contributed by atoms with Crippen LogP contribution in [-0.4, -0.2) is 36.2 Å². The number of rotatable bonds is 5. The zero-order chi connectivity index (χ0) is 21.2. The van der Waals surface area contributed by atoms with Crippen LogP contribution in [0.25, 0.3) is 0 Å². The number of hydrogen-bond donors (Lipinski definition) is 1. The molecule has 2 aromatic carbocycles. The number of benzene rings is 2. The first kappa shape index (κ1) is 21.1. The summed E-state index contributed by atoms with van der Waals surface area (Å²) in [6.07, 6.45) is -3.30. The molecule has 1 heterocycles. The lowest BCUT2D eigenvalue weighted by atomic mass is 9.91. The Bertz CT molecular complexity index is 867. The lowest BCUT2D eigenvalue weighted by molar-refractivity contribution is -0.144. The minimum atomic E-state index is -4.46. The number of ether oxygens (including phenoxy) is 1. The van der Waals surface area contributed by atoms with Gasteiger partial charge in [-0.3, -0.25) is 9.69 Å². The Morgan fingerprint density at radius 3 is 2.38 bits per heavy atom. The average molecular weight is 411 g/mol. The third kappa shape index (κ3) is 4.70. The van der Waals surface area contributed by atoms with E-state index in [-0.39, 0.29) is 12.3 Å². The first-order valence-corrected chi connectivity index (χ1v) is 9.18. The molecule has 0 spiro atoms. The van der Waals surface area contributed by atoms with Crippen molar-refractivity contribution in [3.8, 4) is 5.75 Å². The normalized spacial score (nSPS) is 19.0. The number of carboxylic acids is 1. The van der Waals surface area contributed by atoms with Gasteiger partial charge in [-0.1, -0.05) is 18.2 Å². The Kier molecular flexibility index (Phi) is 6.12. The summed E-state index contributed by atoms with van der Waals surface area (Å²) in [6, 6.07) is 8.52. The van der Waals surface area contributed by atoms with Gasteiger partial charge in [-0.25, -0.2) is 4.39 Å².